The molecule has 1 atom stereocenters. The highest BCUT2D eigenvalue weighted by Crippen LogP contribution is 2.37. The van der Waals surface area contributed by atoms with E-state index in [1.807, 2.05) is 0 Å². The maximum absolute atomic E-state index is 13.4. The lowest BCUT2D eigenvalue weighted by Gasteiger charge is -2.19. The number of nitrogens with zero attached hydrogens (tertiary/aromatic N) is 4. The lowest BCUT2D eigenvalue weighted by molar-refractivity contribution is -0.385. The second kappa shape index (κ2) is 8.56. The summed E-state index contributed by atoms with van der Waals surface area (Å²) in [4.78, 5) is 33.2. The first kappa shape index (κ1) is 21.0. The maximum Gasteiger partial charge on any atom is 0.420 e. The number of hydrazine groups is 1. The van der Waals surface area contributed by atoms with Crippen LogP contribution in [0.4, 0.5) is 24.7 Å². The van der Waals surface area contributed by atoms with Gasteiger partial charge < -0.3 is 5.32 Å². The van der Waals surface area contributed by atoms with Gasteiger partial charge in [-0.2, -0.15) is 13.2 Å². The standard InChI is InChI=1S/C15H16F3N7O3/c1-8(3-4-11-20-5-2-6-21-11)22-13-9(15(16,17)18)7-10(25(27)28)12(23-13)14(26)24-19/h2,5-8H,3-4,19H2,1H3,(H,22,23)(H,24,26). The van der Waals surface area contributed by atoms with Crippen molar-refractivity contribution in [3.63, 3.8) is 0 Å². The van der Waals surface area contributed by atoms with Crippen molar-refractivity contribution in [1.82, 2.24) is 20.4 Å². The molecule has 2 rings (SSSR count). The fraction of sp³-hybridized carbons (Fsp3) is 0.333. The number of nitrogens with two attached hydrogens (primary N) is 1. The van der Waals surface area contributed by atoms with Crippen LogP contribution < -0.4 is 16.6 Å². The predicted octanol–water partition coefficient (Wildman–Crippen LogP) is 1.84. The van der Waals surface area contributed by atoms with E-state index in [1.165, 1.54) is 12.4 Å². The molecule has 0 radical (unpaired) electrons. The van der Waals surface area contributed by atoms with Gasteiger partial charge in [0.1, 0.15) is 17.2 Å². The molecule has 0 spiro atoms. The Morgan fingerprint density at radius 3 is 2.54 bits per heavy atom. The average Bonchev–Trinajstić information content (AvgIpc) is 2.65. The van der Waals surface area contributed by atoms with Gasteiger partial charge in [0.05, 0.1) is 4.92 Å². The summed E-state index contributed by atoms with van der Waals surface area (Å²) in [6, 6.07) is 1.35. The van der Waals surface area contributed by atoms with Gasteiger partial charge >= 0.3 is 11.9 Å². The maximum atomic E-state index is 13.4. The second-order valence-corrected chi connectivity index (χ2v) is 5.73. The Kier molecular flexibility index (Phi) is 6.41. The molecule has 2 aromatic heterocycles. The molecule has 1 unspecified atom stereocenters. The quantitative estimate of drug-likeness (QED) is 0.276. The second-order valence-electron chi connectivity index (χ2n) is 5.73. The van der Waals surface area contributed by atoms with Crippen LogP contribution in [-0.4, -0.2) is 31.8 Å². The van der Waals surface area contributed by atoms with Gasteiger partial charge in [-0.3, -0.25) is 20.3 Å². The molecule has 1 amide bonds. The lowest BCUT2D eigenvalue weighted by Crippen LogP contribution is -2.32. The summed E-state index contributed by atoms with van der Waals surface area (Å²) in [5.74, 6) is 3.55. The largest absolute Gasteiger partial charge is 0.420 e. The van der Waals surface area contributed by atoms with E-state index in [0.717, 1.165) is 0 Å². The summed E-state index contributed by atoms with van der Waals surface area (Å²) in [5, 5.41) is 13.6. The molecular formula is C15H16F3N7O3. The minimum absolute atomic E-state index is 0.257. The number of nitrogens with one attached hydrogen (secondary N) is 2. The lowest BCUT2D eigenvalue weighted by atomic mass is 10.1. The van der Waals surface area contributed by atoms with Crippen LogP contribution in [0.3, 0.4) is 0 Å². The number of aromatic nitrogens is 3. The zero-order valence-corrected chi connectivity index (χ0v) is 14.5. The van der Waals surface area contributed by atoms with E-state index < -0.39 is 45.8 Å². The fourth-order valence-electron chi connectivity index (χ4n) is 2.31. The zero-order chi connectivity index (χ0) is 20.9. The molecule has 0 aliphatic rings. The highest BCUT2D eigenvalue weighted by Gasteiger charge is 2.39. The number of pyridine rings is 1. The van der Waals surface area contributed by atoms with Crippen molar-refractivity contribution in [1.29, 1.82) is 0 Å². The Hall–Kier alpha value is -3.35. The molecule has 2 aromatic rings. The van der Waals surface area contributed by atoms with Gasteiger partial charge in [-0.25, -0.2) is 20.8 Å². The molecule has 150 valence electrons. The SMILES string of the molecule is CC(CCc1ncccn1)Nc1nc(C(=O)NN)c([N+](=O)[O-])cc1C(F)(F)F. The number of hydrogen-bond acceptors (Lipinski definition) is 8. The molecule has 10 nitrogen and oxygen atoms in total. The number of aryl methyl sites for hydroxylation is 1. The van der Waals surface area contributed by atoms with Crippen molar-refractivity contribution in [2.75, 3.05) is 5.32 Å². The van der Waals surface area contributed by atoms with E-state index in [0.29, 0.717) is 18.7 Å². The number of nitro groups is 1. The van der Waals surface area contributed by atoms with Crippen LogP contribution in [0.25, 0.3) is 0 Å². The molecule has 28 heavy (non-hydrogen) atoms. The van der Waals surface area contributed by atoms with Crippen molar-refractivity contribution in [2.45, 2.75) is 32.0 Å². The van der Waals surface area contributed by atoms with E-state index in [-0.39, 0.29) is 6.07 Å². The van der Waals surface area contributed by atoms with Gasteiger partial charge in [0.2, 0.25) is 5.69 Å². The van der Waals surface area contributed by atoms with Crippen molar-refractivity contribution in [3.8, 4) is 0 Å². The normalized spacial score (nSPS) is 12.3. The minimum atomic E-state index is -4.93. The molecule has 0 bridgehead atoms. The number of rotatable bonds is 7. The molecule has 13 heteroatoms. The van der Waals surface area contributed by atoms with Crippen molar-refractivity contribution in [3.05, 3.63) is 51.7 Å². The Balaban J connectivity index is 2.34. The molecule has 0 aliphatic heterocycles. The molecule has 2 heterocycles. The van der Waals surface area contributed by atoms with Crippen LogP contribution in [0.15, 0.2) is 24.5 Å². The van der Waals surface area contributed by atoms with Gasteiger partial charge in [-0.1, -0.05) is 0 Å². The smallest absolute Gasteiger partial charge is 0.367 e. The first-order valence-corrected chi connectivity index (χ1v) is 7.93. The van der Waals surface area contributed by atoms with Gasteiger partial charge in [-0.15, -0.1) is 0 Å². The topological polar surface area (TPSA) is 149 Å². The number of carbonyl (C=O) groups is 1. The Bertz CT molecular complexity index is 862. The van der Waals surface area contributed by atoms with Gasteiger partial charge in [0.25, 0.3) is 5.91 Å². The van der Waals surface area contributed by atoms with E-state index in [1.54, 1.807) is 18.4 Å². The number of nitrogen functional groups attached to an aromatic ring is 1. The van der Waals surface area contributed by atoms with E-state index in [9.17, 15) is 28.1 Å². The predicted molar refractivity (Wildman–Crippen MR) is 91.0 cm³/mol. The number of halogens is 3. The third-order valence-corrected chi connectivity index (χ3v) is 3.65. The Labute approximate surface area is 156 Å². The third kappa shape index (κ3) is 5.09. The zero-order valence-electron chi connectivity index (χ0n) is 14.5. The van der Waals surface area contributed by atoms with Crippen molar-refractivity contribution in [2.24, 2.45) is 5.84 Å². The van der Waals surface area contributed by atoms with E-state index in [2.05, 4.69) is 20.3 Å². The highest BCUT2D eigenvalue weighted by molar-refractivity contribution is 5.96. The molecule has 4 N–H and O–H groups in total. The summed E-state index contributed by atoms with van der Waals surface area (Å²) >= 11 is 0. The molecule has 0 saturated heterocycles. The molecular weight excluding hydrogens is 383 g/mol. The molecule has 0 aliphatic carbocycles. The van der Waals surface area contributed by atoms with Crippen LogP contribution in [0.1, 0.15) is 35.2 Å². The number of amides is 1. The van der Waals surface area contributed by atoms with Crippen molar-refractivity contribution >= 4 is 17.4 Å². The number of alkyl halides is 3. The van der Waals surface area contributed by atoms with Crippen LogP contribution >= 0.6 is 0 Å². The first-order chi connectivity index (χ1) is 13.1. The van der Waals surface area contributed by atoms with Crippen LogP contribution in [0.2, 0.25) is 0 Å². The fourth-order valence-corrected chi connectivity index (χ4v) is 2.31. The summed E-state index contributed by atoms with van der Waals surface area (Å²) in [5.41, 5.74) is -1.67. The van der Waals surface area contributed by atoms with Crippen molar-refractivity contribution < 1.29 is 22.9 Å². The summed E-state index contributed by atoms with van der Waals surface area (Å²) in [6.45, 7) is 1.59. The molecule has 0 aromatic carbocycles. The minimum Gasteiger partial charge on any atom is -0.367 e. The number of hydrogen-bond donors (Lipinski definition) is 3. The van der Waals surface area contributed by atoms with Gasteiger partial charge in [0.15, 0.2) is 0 Å². The van der Waals surface area contributed by atoms with Crippen LogP contribution in [0.5, 0.6) is 0 Å². The highest BCUT2D eigenvalue weighted by atomic mass is 19.4. The monoisotopic (exact) mass is 399 g/mol. The van der Waals surface area contributed by atoms with Crippen LogP contribution in [0, 0.1) is 10.1 Å². The summed E-state index contributed by atoms with van der Waals surface area (Å²) < 4.78 is 40.1. The van der Waals surface area contributed by atoms with Gasteiger partial charge in [-0.05, 0) is 19.4 Å². The average molecular weight is 399 g/mol. The van der Waals surface area contributed by atoms with E-state index in [4.69, 9.17) is 5.84 Å². The summed E-state index contributed by atoms with van der Waals surface area (Å²) in [7, 11) is 0. The van der Waals surface area contributed by atoms with E-state index >= 15 is 0 Å². The first-order valence-electron chi connectivity index (χ1n) is 7.93. The Morgan fingerprint density at radius 1 is 1.36 bits per heavy atom. The molecule has 0 saturated carbocycles. The number of anilines is 1. The van der Waals surface area contributed by atoms with Gasteiger partial charge in [0, 0.05) is 30.9 Å². The Morgan fingerprint density at radius 2 is 2.00 bits per heavy atom. The van der Waals surface area contributed by atoms with Crippen LogP contribution in [-0.2, 0) is 12.6 Å². The third-order valence-electron chi connectivity index (χ3n) is 3.65. The molecule has 0 fully saturated rings. The summed E-state index contributed by atoms with van der Waals surface area (Å²) in [6.07, 6.45) is -1.13. The number of carbonyl (C=O) groups excluding carboxylic acids is 1.